The maximum atomic E-state index is 12.9. The summed E-state index contributed by atoms with van der Waals surface area (Å²) in [5.41, 5.74) is 1.30. The number of carboxylic acid groups (broad SMARTS) is 1. The van der Waals surface area contributed by atoms with Crippen LogP contribution in [0.15, 0.2) is 51.7 Å². The maximum absolute atomic E-state index is 12.9. The molecule has 6 heteroatoms. The number of aliphatic hydroxyl groups is 1. The number of aliphatic hydroxyl groups excluding tert-OH is 1. The molecule has 1 heterocycles. The van der Waals surface area contributed by atoms with Gasteiger partial charge in [0.2, 0.25) is 0 Å². The summed E-state index contributed by atoms with van der Waals surface area (Å²) in [5, 5.41) is 20.4. The topological polar surface area (TPSA) is 97.0 Å². The fourth-order valence-electron chi connectivity index (χ4n) is 3.88. The number of carbonyl (C=O) groups is 1. The number of para-hydroxylation sites is 1. The van der Waals surface area contributed by atoms with E-state index >= 15 is 0 Å². The SMILES string of the molecule is CCOc1ccccc1C(O)C1CCc2c1oc1ccc(C(=O)O)cc1c2=O. The zero-order chi connectivity index (χ0) is 19.8. The predicted octanol–water partition coefficient (Wildman–Crippen LogP) is 3.65. The Balaban J connectivity index is 1.79. The highest BCUT2D eigenvalue weighted by atomic mass is 16.5. The Hall–Kier alpha value is -3.12. The van der Waals surface area contributed by atoms with Crippen LogP contribution >= 0.6 is 0 Å². The summed E-state index contributed by atoms with van der Waals surface area (Å²) in [6, 6.07) is 11.5. The second-order valence-electron chi connectivity index (χ2n) is 6.85. The van der Waals surface area contributed by atoms with Gasteiger partial charge in [-0.2, -0.15) is 0 Å². The standard InChI is InChI=1S/C22H20O6/c1-2-27-17-6-4-3-5-13(17)19(23)14-8-9-15-20(24)16-11-12(22(25)26)7-10-18(16)28-21(14)15/h3-7,10-11,14,19,23H,2,8-9H2,1H3,(H,25,26). The van der Waals surface area contributed by atoms with Crippen molar-refractivity contribution in [2.24, 2.45) is 0 Å². The second kappa shape index (κ2) is 7.13. The van der Waals surface area contributed by atoms with E-state index in [9.17, 15) is 14.7 Å². The number of fused-ring (bicyclic) bond motifs is 2. The van der Waals surface area contributed by atoms with E-state index in [-0.39, 0.29) is 22.3 Å². The number of aromatic carboxylic acids is 1. The van der Waals surface area contributed by atoms with Gasteiger partial charge in [-0.05, 0) is 44.0 Å². The summed E-state index contributed by atoms with van der Waals surface area (Å²) in [6.07, 6.45) is 0.171. The van der Waals surface area contributed by atoms with Crippen LogP contribution in [0, 0.1) is 0 Å². The van der Waals surface area contributed by atoms with Gasteiger partial charge in [0.05, 0.1) is 23.7 Å². The lowest BCUT2D eigenvalue weighted by Crippen LogP contribution is -2.13. The molecular formula is C22H20O6. The van der Waals surface area contributed by atoms with Crippen LogP contribution in [0.25, 0.3) is 11.0 Å². The number of benzene rings is 2. The molecule has 1 aliphatic carbocycles. The molecule has 28 heavy (non-hydrogen) atoms. The average molecular weight is 380 g/mol. The summed E-state index contributed by atoms with van der Waals surface area (Å²) < 4.78 is 11.6. The normalized spacial score (nSPS) is 16.7. The molecule has 0 aliphatic heterocycles. The van der Waals surface area contributed by atoms with E-state index in [0.29, 0.717) is 47.7 Å². The lowest BCUT2D eigenvalue weighted by Gasteiger charge is -2.21. The average Bonchev–Trinajstić information content (AvgIpc) is 3.12. The summed E-state index contributed by atoms with van der Waals surface area (Å²) >= 11 is 0. The van der Waals surface area contributed by atoms with E-state index in [1.54, 1.807) is 0 Å². The largest absolute Gasteiger partial charge is 0.493 e. The van der Waals surface area contributed by atoms with Crippen molar-refractivity contribution in [3.05, 3.63) is 75.1 Å². The third-order valence-corrected chi connectivity index (χ3v) is 5.22. The van der Waals surface area contributed by atoms with Gasteiger partial charge in [0, 0.05) is 17.0 Å². The highest BCUT2D eigenvalue weighted by Gasteiger charge is 2.35. The molecule has 2 N–H and O–H groups in total. The molecule has 0 saturated heterocycles. The minimum Gasteiger partial charge on any atom is -0.493 e. The van der Waals surface area contributed by atoms with E-state index in [1.165, 1.54) is 18.2 Å². The first-order valence-corrected chi connectivity index (χ1v) is 9.24. The minimum absolute atomic E-state index is 0.0416. The second-order valence-corrected chi connectivity index (χ2v) is 6.85. The van der Waals surface area contributed by atoms with Crippen molar-refractivity contribution in [3.8, 4) is 5.75 Å². The van der Waals surface area contributed by atoms with E-state index in [2.05, 4.69) is 0 Å². The van der Waals surface area contributed by atoms with Crippen LogP contribution in [0.1, 0.15) is 52.6 Å². The van der Waals surface area contributed by atoms with Crippen molar-refractivity contribution in [1.82, 2.24) is 0 Å². The first-order valence-electron chi connectivity index (χ1n) is 9.24. The van der Waals surface area contributed by atoms with Gasteiger partial charge < -0.3 is 19.4 Å². The molecular weight excluding hydrogens is 360 g/mol. The van der Waals surface area contributed by atoms with E-state index in [1.807, 2.05) is 31.2 Å². The fourth-order valence-corrected chi connectivity index (χ4v) is 3.88. The van der Waals surface area contributed by atoms with Gasteiger partial charge in [-0.3, -0.25) is 4.79 Å². The molecule has 0 radical (unpaired) electrons. The Morgan fingerprint density at radius 3 is 2.82 bits per heavy atom. The van der Waals surface area contributed by atoms with Crippen LogP contribution in [0.5, 0.6) is 5.75 Å². The van der Waals surface area contributed by atoms with Gasteiger partial charge in [-0.25, -0.2) is 4.79 Å². The Labute approximate surface area is 161 Å². The van der Waals surface area contributed by atoms with Crippen LogP contribution in [-0.4, -0.2) is 22.8 Å². The van der Waals surface area contributed by atoms with Crippen molar-refractivity contribution in [2.45, 2.75) is 31.8 Å². The predicted molar refractivity (Wildman–Crippen MR) is 103 cm³/mol. The van der Waals surface area contributed by atoms with Gasteiger partial charge in [-0.1, -0.05) is 18.2 Å². The smallest absolute Gasteiger partial charge is 0.335 e. The zero-order valence-corrected chi connectivity index (χ0v) is 15.3. The van der Waals surface area contributed by atoms with Crippen LogP contribution < -0.4 is 10.2 Å². The van der Waals surface area contributed by atoms with Crippen LogP contribution in [0.3, 0.4) is 0 Å². The zero-order valence-electron chi connectivity index (χ0n) is 15.3. The Morgan fingerprint density at radius 1 is 1.29 bits per heavy atom. The molecule has 0 fully saturated rings. The molecule has 2 aromatic carbocycles. The summed E-state index contributed by atoms with van der Waals surface area (Å²) in [5.74, 6) is -0.380. The van der Waals surface area contributed by atoms with E-state index < -0.39 is 12.1 Å². The number of carboxylic acids is 1. The maximum Gasteiger partial charge on any atom is 0.335 e. The van der Waals surface area contributed by atoms with E-state index in [4.69, 9.17) is 14.3 Å². The summed E-state index contributed by atoms with van der Waals surface area (Å²) in [4.78, 5) is 24.1. The number of rotatable bonds is 5. The number of ether oxygens (including phenoxy) is 1. The van der Waals surface area contributed by atoms with Crippen LogP contribution in [0.4, 0.5) is 0 Å². The summed E-state index contributed by atoms with van der Waals surface area (Å²) in [6.45, 7) is 2.36. The molecule has 0 spiro atoms. The third-order valence-electron chi connectivity index (χ3n) is 5.22. The van der Waals surface area contributed by atoms with E-state index in [0.717, 1.165) is 0 Å². The van der Waals surface area contributed by atoms with Crippen molar-refractivity contribution in [3.63, 3.8) is 0 Å². The minimum atomic E-state index is -1.09. The molecule has 1 aliphatic rings. The lowest BCUT2D eigenvalue weighted by atomic mass is 9.93. The van der Waals surface area contributed by atoms with Crippen LogP contribution in [-0.2, 0) is 6.42 Å². The first-order chi connectivity index (χ1) is 13.5. The molecule has 0 bridgehead atoms. The Kier molecular flexibility index (Phi) is 4.65. The fraction of sp³-hybridized carbons (Fsp3) is 0.273. The van der Waals surface area contributed by atoms with Crippen molar-refractivity contribution in [1.29, 1.82) is 0 Å². The quantitative estimate of drug-likeness (QED) is 0.701. The number of hydrogen-bond donors (Lipinski definition) is 2. The van der Waals surface area contributed by atoms with Crippen molar-refractivity contribution in [2.75, 3.05) is 6.61 Å². The molecule has 144 valence electrons. The highest BCUT2D eigenvalue weighted by Crippen LogP contribution is 2.43. The van der Waals surface area contributed by atoms with Crippen molar-refractivity contribution >= 4 is 16.9 Å². The third kappa shape index (κ3) is 2.96. The monoisotopic (exact) mass is 380 g/mol. The molecule has 1 aromatic heterocycles. The molecule has 0 saturated carbocycles. The summed E-state index contributed by atoms with van der Waals surface area (Å²) in [7, 11) is 0. The van der Waals surface area contributed by atoms with Crippen molar-refractivity contribution < 1.29 is 24.2 Å². The lowest BCUT2D eigenvalue weighted by molar-refractivity contribution is 0.0697. The van der Waals surface area contributed by atoms with Crippen LogP contribution in [0.2, 0.25) is 0 Å². The Bertz CT molecular complexity index is 1110. The van der Waals surface area contributed by atoms with Gasteiger partial charge >= 0.3 is 5.97 Å². The molecule has 4 rings (SSSR count). The molecule has 2 unspecified atom stereocenters. The molecule has 6 nitrogen and oxygen atoms in total. The number of hydrogen-bond acceptors (Lipinski definition) is 5. The van der Waals surface area contributed by atoms with Gasteiger partial charge in [0.25, 0.3) is 0 Å². The first kappa shape index (κ1) is 18.3. The molecule has 2 atom stereocenters. The van der Waals surface area contributed by atoms with Gasteiger partial charge in [0.1, 0.15) is 17.1 Å². The molecule has 0 amide bonds. The molecule has 3 aromatic rings. The van der Waals surface area contributed by atoms with Gasteiger partial charge in [0.15, 0.2) is 5.43 Å². The Morgan fingerprint density at radius 2 is 2.07 bits per heavy atom. The van der Waals surface area contributed by atoms with Gasteiger partial charge in [-0.15, -0.1) is 0 Å². The highest BCUT2D eigenvalue weighted by molar-refractivity contribution is 5.92.